The van der Waals surface area contributed by atoms with E-state index in [2.05, 4.69) is 10.2 Å². The smallest absolute Gasteiger partial charge is 0.276 e. The van der Waals surface area contributed by atoms with Crippen LogP contribution in [0.4, 0.5) is 0 Å². The van der Waals surface area contributed by atoms with Crippen molar-refractivity contribution >= 4 is 23.4 Å². The van der Waals surface area contributed by atoms with Gasteiger partial charge in [-0.2, -0.15) is 5.26 Å². The molecule has 1 aromatic heterocycles. The minimum absolute atomic E-state index is 0.119. The molecule has 8 heteroatoms. The zero-order valence-corrected chi connectivity index (χ0v) is 15.1. The Morgan fingerprint density at radius 2 is 2.04 bits per heavy atom. The molecule has 132 valence electrons. The zero-order chi connectivity index (χ0) is 18.4. The van der Waals surface area contributed by atoms with Crippen molar-refractivity contribution in [1.82, 2.24) is 10.2 Å². The van der Waals surface area contributed by atoms with E-state index in [1.54, 1.807) is 42.5 Å². The number of aliphatic hydroxyl groups excluding tert-OH is 1. The molecule has 1 heterocycles. The first kappa shape index (κ1) is 18.3. The van der Waals surface area contributed by atoms with Crippen LogP contribution in [0.1, 0.15) is 5.56 Å². The highest BCUT2D eigenvalue weighted by Gasteiger charge is 2.12. The monoisotopic (exact) mass is 387 g/mol. The Labute approximate surface area is 159 Å². The molecule has 0 saturated heterocycles. The molecule has 0 aliphatic rings. The average Bonchev–Trinajstić information content (AvgIpc) is 3.14. The van der Waals surface area contributed by atoms with Crippen LogP contribution in [0.25, 0.3) is 11.5 Å². The summed E-state index contributed by atoms with van der Waals surface area (Å²) in [6, 6.07) is 15.9. The van der Waals surface area contributed by atoms with Gasteiger partial charge in [0.2, 0.25) is 5.89 Å². The molecule has 0 bridgehead atoms. The van der Waals surface area contributed by atoms with Crippen LogP contribution in [0.15, 0.2) is 58.2 Å². The Kier molecular flexibility index (Phi) is 6.12. The SMILES string of the molecule is N#Cc1ccc(OCC(O)CSc2nnc(-c3cccc(Cl)c3)o2)cc1. The van der Waals surface area contributed by atoms with Gasteiger partial charge in [0.25, 0.3) is 5.22 Å². The third-order valence-corrected chi connectivity index (χ3v) is 4.50. The van der Waals surface area contributed by atoms with Crippen LogP contribution in [0.5, 0.6) is 5.75 Å². The minimum Gasteiger partial charge on any atom is -0.491 e. The van der Waals surface area contributed by atoms with Crippen molar-refractivity contribution < 1.29 is 14.3 Å². The van der Waals surface area contributed by atoms with Crippen molar-refractivity contribution in [2.24, 2.45) is 0 Å². The van der Waals surface area contributed by atoms with Crippen molar-refractivity contribution in [2.45, 2.75) is 11.3 Å². The Hall–Kier alpha value is -2.53. The molecule has 3 rings (SSSR count). The van der Waals surface area contributed by atoms with Gasteiger partial charge in [0, 0.05) is 16.3 Å². The lowest BCUT2D eigenvalue weighted by atomic mass is 10.2. The lowest BCUT2D eigenvalue weighted by Gasteiger charge is -2.11. The summed E-state index contributed by atoms with van der Waals surface area (Å²) in [5.41, 5.74) is 1.29. The summed E-state index contributed by atoms with van der Waals surface area (Å²) in [7, 11) is 0. The van der Waals surface area contributed by atoms with E-state index in [9.17, 15) is 5.11 Å². The number of halogens is 1. The maximum Gasteiger partial charge on any atom is 0.276 e. The maximum absolute atomic E-state index is 10.0. The summed E-state index contributed by atoms with van der Waals surface area (Å²) in [6.07, 6.45) is -0.711. The Bertz CT molecular complexity index is 909. The number of nitriles is 1. The summed E-state index contributed by atoms with van der Waals surface area (Å²) in [6.45, 7) is 0.119. The number of hydrogen-bond donors (Lipinski definition) is 1. The third-order valence-electron chi connectivity index (χ3n) is 3.30. The predicted molar refractivity (Wildman–Crippen MR) is 98.1 cm³/mol. The molecule has 1 atom stereocenters. The quantitative estimate of drug-likeness (QED) is 0.616. The normalized spacial score (nSPS) is 11.7. The Balaban J connectivity index is 1.48. The molecule has 26 heavy (non-hydrogen) atoms. The number of aromatic nitrogens is 2. The zero-order valence-electron chi connectivity index (χ0n) is 13.5. The van der Waals surface area contributed by atoms with Crippen molar-refractivity contribution in [3.8, 4) is 23.3 Å². The number of thioether (sulfide) groups is 1. The molecule has 0 radical (unpaired) electrons. The summed E-state index contributed by atoms with van der Waals surface area (Å²) in [5, 5.41) is 27.7. The average molecular weight is 388 g/mol. The van der Waals surface area contributed by atoms with E-state index in [4.69, 9.17) is 26.0 Å². The number of benzene rings is 2. The fraction of sp³-hybridized carbons (Fsp3) is 0.167. The van der Waals surface area contributed by atoms with Crippen molar-refractivity contribution in [3.63, 3.8) is 0 Å². The lowest BCUT2D eigenvalue weighted by Crippen LogP contribution is -2.20. The molecule has 1 N–H and O–H groups in total. The standard InChI is InChI=1S/C18H14ClN3O3S/c19-14-3-1-2-13(8-14)17-21-22-18(25-17)26-11-15(23)10-24-16-6-4-12(9-20)5-7-16/h1-8,15,23H,10-11H2. The second-order valence-electron chi connectivity index (χ2n) is 5.30. The van der Waals surface area contributed by atoms with Gasteiger partial charge in [-0.15, -0.1) is 10.2 Å². The highest BCUT2D eigenvalue weighted by Crippen LogP contribution is 2.25. The van der Waals surface area contributed by atoms with Crippen LogP contribution in [0.3, 0.4) is 0 Å². The highest BCUT2D eigenvalue weighted by atomic mass is 35.5. The summed E-state index contributed by atoms with van der Waals surface area (Å²) in [4.78, 5) is 0. The largest absolute Gasteiger partial charge is 0.491 e. The van der Waals surface area contributed by atoms with Gasteiger partial charge in [0.05, 0.1) is 17.7 Å². The van der Waals surface area contributed by atoms with E-state index in [0.717, 1.165) is 5.56 Å². The number of aliphatic hydroxyl groups is 1. The van der Waals surface area contributed by atoms with Crippen LogP contribution in [0, 0.1) is 11.3 Å². The first-order valence-corrected chi connectivity index (χ1v) is 9.03. The van der Waals surface area contributed by atoms with Gasteiger partial charge in [-0.05, 0) is 42.5 Å². The van der Waals surface area contributed by atoms with Crippen molar-refractivity contribution in [2.75, 3.05) is 12.4 Å². The van der Waals surface area contributed by atoms with Gasteiger partial charge in [0.15, 0.2) is 0 Å². The van der Waals surface area contributed by atoms with E-state index in [1.807, 2.05) is 12.1 Å². The van der Waals surface area contributed by atoms with E-state index in [0.29, 0.717) is 33.2 Å². The molecule has 0 aliphatic carbocycles. The van der Waals surface area contributed by atoms with E-state index < -0.39 is 6.10 Å². The molecule has 2 aromatic carbocycles. The number of nitrogens with zero attached hydrogens (tertiary/aromatic N) is 3. The van der Waals surface area contributed by atoms with Gasteiger partial charge < -0.3 is 14.3 Å². The van der Waals surface area contributed by atoms with Gasteiger partial charge >= 0.3 is 0 Å². The molecule has 6 nitrogen and oxygen atoms in total. The van der Waals surface area contributed by atoms with Crippen LogP contribution in [-0.2, 0) is 0 Å². The van der Waals surface area contributed by atoms with Gasteiger partial charge in [0.1, 0.15) is 12.4 Å². The van der Waals surface area contributed by atoms with Gasteiger partial charge in [-0.3, -0.25) is 0 Å². The molecule has 0 spiro atoms. The first-order valence-electron chi connectivity index (χ1n) is 7.67. The van der Waals surface area contributed by atoms with E-state index in [1.165, 1.54) is 11.8 Å². The lowest BCUT2D eigenvalue weighted by molar-refractivity contribution is 0.126. The molecule has 1 unspecified atom stereocenters. The Morgan fingerprint density at radius 1 is 1.23 bits per heavy atom. The molecular formula is C18H14ClN3O3S. The number of hydrogen-bond acceptors (Lipinski definition) is 7. The third kappa shape index (κ3) is 4.99. The van der Waals surface area contributed by atoms with Crippen LogP contribution in [-0.4, -0.2) is 33.8 Å². The second kappa shape index (κ2) is 8.72. The Morgan fingerprint density at radius 3 is 2.77 bits per heavy atom. The summed E-state index contributed by atoms with van der Waals surface area (Å²) < 4.78 is 11.1. The predicted octanol–water partition coefficient (Wildman–Crippen LogP) is 3.79. The molecule has 0 fully saturated rings. The molecular weight excluding hydrogens is 374 g/mol. The first-order chi connectivity index (χ1) is 12.6. The number of rotatable bonds is 7. The van der Waals surface area contributed by atoms with E-state index in [-0.39, 0.29) is 6.61 Å². The summed E-state index contributed by atoms with van der Waals surface area (Å²) >= 11 is 7.19. The molecule has 0 amide bonds. The topological polar surface area (TPSA) is 92.2 Å². The molecule has 0 aliphatic heterocycles. The van der Waals surface area contributed by atoms with E-state index >= 15 is 0 Å². The van der Waals surface area contributed by atoms with Crippen molar-refractivity contribution in [1.29, 1.82) is 5.26 Å². The van der Waals surface area contributed by atoms with Gasteiger partial charge in [-0.25, -0.2) is 0 Å². The molecule has 3 aromatic rings. The fourth-order valence-electron chi connectivity index (χ4n) is 2.04. The highest BCUT2D eigenvalue weighted by molar-refractivity contribution is 7.99. The number of ether oxygens (including phenoxy) is 1. The minimum atomic E-state index is -0.711. The van der Waals surface area contributed by atoms with Gasteiger partial charge in [-0.1, -0.05) is 29.4 Å². The second-order valence-corrected chi connectivity index (χ2v) is 6.70. The fourth-order valence-corrected chi connectivity index (χ4v) is 2.90. The maximum atomic E-state index is 10.0. The van der Waals surface area contributed by atoms with Crippen LogP contribution in [0.2, 0.25) is 5.02 Å². The molecule has 0 saturated carbocycles. The van der Waals surface area contributed by atoms with Crippen LogP contribution >= 0.6 is 23.4 Å². The van der Waals surface area contributed by atoms with Crippen LogP contribution < -0.4 is 4.74 Å². The van der Waals surface area contributed by atoms with Crippen molar-refractivity contribution in [3.05, 3.63) is 59.1 Å². The summed E-state index contributed by atoms with van der Waals surface area (Å²) in [5.74, 6) is 1.31.